The first-order valence-electron chi connectivity index (χ1n) is 4.29. The van der Waals surface area contributed by atoms with E-state index in [1.807, 2.05) is 12.1 Å². The molecule has 2 rings (SSSR count). The second-order valence-electron chi connectivity index (χ2n) is 2.94. The minimum Gasteiger partial charge on any atom is -0.351 e. The lowest BCUT2D eigenvalue weighted by molar-refractivity contribution is 1.04. The van der Waals surface area contributed by atoms with Crippen LogP contribution in [-0.2, 0) is 6.54 Å². The molecular formula is C9H8Cl2N4. The van der Waals surface area contributed by atoms with Gasteiger partial charge in [0.05, 0.1) is 10.0 Å². The van der Waals surface area contributed by atoms with Crippen LogP contribution in [0.15, 0.2) is 24.5 Å². The maximum Gasteiger partial charge on any atom is 0.218 e. The number of nitrogens with zero attached hydrogens (tertiary/aromatic N) is 2. The second-order valence-corrected chi connectivity index (χ2v) is 3.75. The minimum absolute atomic E-state index is 0.550. The van der Waals surface area contributed by atoms with E-state index in [2.05, 4.69) is 20.5 Å². The summed E-state index contributed by atoms with van der Waals surface area (Å²) in [7, 11) is 0. The molecule has 0 bridgehead atoms. The number of rotatable bonds is 3. The van der Waals surface area contributed by atoms with Crippen LogP contribution in [0, 0.1) is 0 Å². The van der Waals surface area contributed by atoms with E-state index in [1.54, 1.807) is 6.07 Å². The third-order valence-corrected chi connectivity index (χ3v) is 2.60. The zero-order chi connectivity index (χ0) is 10.7. The van der Waals surface area contributed by atoms with Gasteiger partial charge in [-0.3, -0.25) is 0 Å². The van der Waals surface area contributed by atoms with E-state index in [0.29, 0.717) is 22.5 Å². The number of hydrogen-bond donors (Lipinski definition) is 2. The topological polar surface area (TPSA) is 53.6 Å². The average molecular weight is 243 g/mol. The summed E-state index contributed by atoms with van der Waals surface area (Å²) in [6, 6.07) is 5.48. The Hall–Kier alpha value is -1.26. The van der Waals surface area contributed by atoms with Crippen molar-refractivity contribution in [2.45, 2.75) is 6.54 Å². The molecule has 0 atom stereocenters. The summed E-state index contributed by atoms with van der Waals surface area (Å²) >= 11 is 11.7. The van der Waals surface area contributed by atoms with Gasteiger partial charge in [-0.25, -0.2) is 10.1 Å². The van der Waals surface area contributed by atoms with Gasteiger partial charge in [0, 0.05) is 6.54 Å². The molecule has 78 valence electrons. The molecule has 4 nitrogen and oxygen atoms in total. The van der Waals surface area contributed by atoms with Crippen LogP contribution in [0.1, 0.15) is 5.56 Å². The number of aromatic amines is 1. The van der Waals surface area contributed by atoms with Gasteiger partial charge in [0.1, 0.15) is 6.33 Å². The molecule has 0 aliphatic rings. The van der Waals surface area contributed by atoms with Crippen LogP contribution in [0.5, 0.6) is 0 Å². The fourth-order valence-electron chi connectivity index (χ4n) is 1.13. The Morgan fingerprint density at radius 2 is 2.13 bits per heavy atom. The standard InChI is InChI=1S/C9H8Cl2N4/c10-7-2-1-6(3-8(7)11)4-12-9-13-5-14-15-9/h1-3,5H,4H2,(H2,12,13,14,15). The van der Waals surface area contributed by atoms with Crippen molar-refractivity contribution < 1.29 is 0 Å². The number of hydrogen-bond acceptors (Lipinski definition) is 3. The fourth-order valence-corrected chi connectivity index (χ4v) is 1.45. The molecule has 0 saturated carbocycles. The van der Waals surface area contributed by atoms with E-state index in [1.165, 1.54) is 6.33 Å². The molecule has 0 aliphatic carbocycles. The second kappa shape index (κ2) is 4.51. The molecule has 2 aromatic rings. The van der Waals surface area contributed by atoms with E-state index >= 15 is 0 Å². The van der Waals surface area contributed by atoms with Crippen molar-refractivity contribution in [3.63, 3.8) is 0 Å². The van der Waals surface area contributed by atoms with Gasteiger partial charge in [0.2, 0.25) is 5.95 Å². The molecule has 15 heavy (non-hydrogen) atoms. The Bertz CT molecular complexity index is 441. The summed E-state index contributed by atoms with van der Waals surface area (Å²) in [5.41, 5.74) is 1.03. The molecule has 0 unspecified atom stereocenters. The molecule has 0 amide bonds. The molecule has 1 aromatic heterocycles. The van der Waals surface area contributed by atoms with Gasteiger partial charge in [0.25, 0.3) is 0 Å². The van der Waals surface area contributed by atoms with Crippen LogP contribution in [0.2, 0.25) is 10.0 Å². The van der Waals surface area contributed by atoms with Crippen molar-refractivity contribution in [3.8, 4) is 0 Å². The SMILES string of the molecule is Clc1ccc(CNc2ncn[nH]2)cc1Cl. The highest BCUT2D eigenvalue weighted by Crippen LogP contribution is 2.22. The van der Waals surface area contributed by atoms with Crippen molar-refractivity contribution in [1.82, 2.24) is 15.2 Å². The lowest BCUT2D eigenvalue weighted by Gasteiger charge is -2.03. The third kappa shape index (κ3) is 2.61. The first-order chi connectivity index (χ1) is 7.25. The quantitative estimate of drug-likeness (QED) is 0.871. The Kier molecular flexibility index (Phi) is 3.08. The zero-order valence-corrected chi connectivity index (χ0v) is 9.18. The summed E-state index contributed by atoms with van der Waals surface area (Å²) in [6.07, 6.45) is 1.44. The van der Waals surface area contributed by atoms with Crippen LogP contribution in [0.3, 0.4) is 0 Å². The third-order valence-electron chi connectivity index (χ3n) is 1.86. The normalized spacial score (nSPS) is 10.3. The van der Waals surface area contributed by atoms with Gasteiger partial charge in [-0.15, -0.1) is 0 Å². The molecule has 0 aliphatic heterocycles. The predicted octanol–water partition coefficient (Wildman–Crippen LogP) is 2.72. The van der Waals surface area contributed by atoms with E-state index in [-0.39, 0.29) is 0 Å². The van der Waals surface area contributed by atoms with Gasteiger partial charge in [-0.1, -0.05) is 29.3 Å². The molecule has 0 radical (unpaired) electrons. The largest absolute Gasteiger partial charge is 0.351 e. The van der Waals surface area contributed by atoms with E-state index in [0.717, 1.165) is 5.56 Å². The molecule has 0 saturated heterocycles. The molecule has 1 aromatic carbocycles. The summed E-state index contributed by atoms with van der Waals surface area (Å²) in [6.45, 7) is 0.617. The first kappa shape index (κ1) is 10.3. The van der Waals surface area contributed by atoms with Gasteiger partial charge in [-0.2, -0.15) is 5.10 Å². The Morgan fingerprint density at radius 1 is 1.27 bits per heavy atom. The van der Waals surface area contributed by atoms with Crippen LogP contribution >= 0.6 is 23.2 Å². The molecule has 0 fully saturated rings. The van der Waals surface area contributed by atoms with Crippen molar-refractivity contribution in [2.75, 3.05) is 5.32 Å². The Balaban J connectivity index is 2.02. The van der Waals surface area contributed by atoms with Gasteiger partial charge in [0.15, 0.2) is 0 Å². The van der Waals surface area contributed by atoms with Crippen molar-refractivity contribution in [2.24, 2.45) is 0 Å². The monoisotopic (exact) mass is 242 g/mol. The number of H-pyrrole nitrogens is 1. The van der Waals surface area contributed by atoms with Crippen LogP contribution < -0.4 is 5.32 Å². The van der Waals surface area contributed by atoms with Crippen LogP contribution in [-0.4, -0.2) is 15.2 Å². The van der Waals surface area contributed by atoms with Crippen LogP contribution in [0.4, 0.5) is 5.95 Å². The van der Waals surface area contributed by atoms with Crippen molar-refractivity contribution in [3.05, 3.63) is 40.1 Å². The lowest BCUT2D eigenvalue weighted by atomic mass is 10.2. The van der Waals surface area contributed by atoms with Gasteiger partial charge >= 0.3 is 0 Å². The number of anilines is 1. The number of benzene rings is 1. The smallest absolute Gasteiger partial charge is 0.218 e. The highest BCUT2D eigenvalue weighted by atomic mass is 35.5. The van der Waals surface area contributed by atoms with Crippen LogP contribution in [0.25, 0.3) is 0 Å². The van der Waals surface area contributed by atoms with Gasteiger partial charge in [-0.05, 0) is 17.7 Å². The highest BCUT2D eigenvalue weighted by molar-refractivity contribution is 6.42. The van der Waals surface area contributed by atoms with E-state index < -0.39 is 0 Å². The first-order valence-corrected chi connectivity index (χ1v) is 5.04. The summed E-state index contributed by atoms with van der Waals surface area (Å²) in [5.74, 6) is 0.626. The van der Waals surface area contributed by atoms with E-state index in [4.69, 9.17) is 23.2 Å². The maximum atomic E-state index is 5.88. The van der Waals surface area contributed by atoms with Crippen molar-refractivity contribution in [1.29, 1.82) is 0 Å². The molecule has 6 heteroatoms. The highest BCUT2D eigenvalue weighted by Gasteiger charge is 2.00. The predicted molar refractivity (Wildman–Crippen MR) is 60.2 cm³/mol. The minimum atomic E-state index is 0.550. The molecule has 2 N–H and O–H groups in total. The summed E-state index contributed by atoms with van der Waals surface area (Å²) in [5, 5.41) is 10.6. The molecular weight excluding hydrogens is 235 g/mol. The number of halogens is 2. The van der Waals surface area contributed by atoms with Gasteiger partial charge < -0.3 is 5.32 Å². The lowest BCUT2D eigenvalue weighted by Crippen LogP contribution is -2.00. The fraction of sp³-hybridized carbons (Fsp3) is 0.111. The zero-order valence-electron chi connectivity index (χ0n) is 7.67. The Morgan fingerprint density at radius 3 is 2.80 bits per heavy atom. The maximum absolute atomic E-state index is 5.88. The van der Waals surface area contributed by atoms with E-state index in [9.17, 15) is 0 Å². The number of aromatic nitrogens is 3. The molecule has 1 heterocycles. The Labute approximate surface area is 96.6 Å². The molecule has 0 spiro atoms. The number of nitrogens with one attached hydrogen (secondary N) is 2. The van der Waals surface area contributed by atoms with Crippen molar-refractivity contribution >= 4 is 29.2 Å². The summed E-state index contributed by atoms with van der Waals surface area (Å²) in [4.78, 5) is 3.93. The summed E-state index contributed by atoms with van der Waals surface area (Å²) < 4.78 is 0. The average Bonchev–Trinajstić information content (AvgIpc) is 2.73.